The summed E-state index contributed by atoms with van der Waals surface area (Å²) in [4.78, 5) is 10.4. The number of benzene rings is 8. The summed E-state index contributed by atoms with van der Waals surface area (Å²) >= 11 is 0. The van der Waals surface area contributed by atoms with Crippen LogP contribution in [0.25, 0.3) is 95.0 Å². The summed E-state index contributed by atoms with van der Waals surface area (Å²) in [6, 6.07) is 67.4. The molecule has 0 saturated carbocycles. The van der Waals surface area contributed by atoms with Crippen molar-refractivity contribution < 1.29 is 9.22 Å². The van der Waals surface area contributed by atoms with Crippen LogP contribution >= 0.6 is 0 Å². The molecule has 0 aliphatic carbocycles. The lowest BCUT2D eigenvalue weighted by Crippen LogP contribution is -2.14. The van der Waals surface area contributed by atoms with Crippen molar-refractivity contribution in [3.05, 3.63) is 218 Å². The SMILES string of the molecule is [2H]C([2H])([2H])c1ccc(-c2ccnc(-c3cc(-c4ccccc4)cc(-c4cccc5c4nc(-c4ccccc4O)n5-c4cc(-c5ccccc5)c(C(C)(C)C)cc4-c4ccccc4)c3)c2)cc1. The first-order valence-electron chi connectivity index (χ1n) is 22.8. The van der Waals surface area contributed by atoms with E-state index >= 15 is 0 Å². The Kier molecular flexibility index (Phi) is 9.24. The number of phenolic OH excluding ortho intramolecular Hbond substituents is 1. The molecule has 2 aromatic heterocycles. The molecule has 2 heterocycles. The van der Waals surface area contributed by atoms with Crippen molar-refractivity contribution in [2.24, 2.45) is 0 Å². The number of aryl methyl sites for hydroxylation is 1. The number of phenols is 1. The molecule has 1 N–H and O–H groups in total. The highest BCUT2D eigenvalue weighted by atomic mass is 16.3. The van der Waals surface area contributed by atoms with Crippen molar-refractivity contribution in [1.82, 2.24) is 14.5 Å². The van der Waals surface area contributed by atoms with Gasteiger partial charge >= 0.3 is 0 Å². The van der Waals surface area contributed by atoms with Crippen molar-refractivity contribution in [2.45, 2.75) is 33.0 Å². The second kappa shape index (κ2) is 16.2. The third-order valence-electron chi connectivity index (χ3n) is 11.8. The number of imidazole rings is 1. The van der Waals surface area contributed by atoms with E-state index < -0.39 is 6.85 Å². The van der Waals surface area contributed by atoms with Crippen LogP contribution in [0.15, 0.2) is 206 Å². The van der Waals surface area contributed by atoms with Crippen LogP contribution in [0.5, 0.6) is 5.75 Å². The Morgan fingerprint density at radius 2 is 1.08 bits per heavy atom. The van der Waals surface area contributed by atoms with Gasteiger partial charge in [-0.3, -0.25) is 9.55 Å². The molecule has 63 heavy (non-hydrogen) atoms. The Morgan fingerprint density at radius 3 is 1.76 bits per heavy atom. The minimum atomic E-state index is -2.18. The summed E-state index contributed by atoms with van der Waals surface area (Å²) in [7, 11) is 0. The minimum absolute atomic E-state index is 0.138. The Hall–Kier alpha value is -7.82. The second-order valence-corrected chi connectivity index (χ2v) is 17.0. The average Bonchev–Trinajstić information content (AvgIpc) is 3.73. The van der Waals surface area contributed by atoms with Crippen LogP contribution in [-0.2, 0) is 5.41 Å². The standard InChI is InChI=1S/C59H47N3O/c1-39-27-29-41(30-28-39)44-31-32-60-53(36-44)47-34-45(40-17-8-5-9-18-40)33-46(35-47)48-24-16-25-54-57(48)61-58(49-23-14-15-26-56(49)63)62(54)55-38-50(42-19-10-6-11-20-42)52(59(2,3)4)37-51(55)43-21-12-7-13-22-43/h5-38,63H,1-4H3/i1D3. The molecule has 4 nitrogen and oxygen atoms in total. The fourth-order valence-corrected chi connectivity index (χ4v) is 8.68. The molecule has 0 aliphatic rings. The quantitative estimate of drug-likeness (QED) is 0.166. The number of hydrogen-bond acceptors (Lipinski definition) is 3. The fourth-order valence-electron chi connectivity index (χ4n) is 8.68. The van der Waals surface area contributed by atoms with Gasteiger partial charge in [0, 0.05) is 27.0 Å². The Balaban J connectivity index is 1.23. The molecule has 0 radical (unpaired) electrons. The number of aromatic hydroxyl groups is 1. The van der Waals surface area contributed by atoms with Crippen molar-refractivity contribution >= 4 is 11.0 Å². The van der Waals surface area contributed by atoms with Gasteiger partial charge < -0.3 is 5.11 Å². The number of aromatic nitrogens is 3. The summed E-state index contributed by atoms with van der Waals surface area (Å²) in [5.41, 5.74) is 16.4. The second-order valence-electron chi connectivity index (χ2n) is 17.0. The molecule has 4 heteroatoms. The molecule has 0 saturated heterocycles. The van der Waals surface area contributed by atoms with Gasteiger partial charge in [0.2, 0.25) is 0 Å². The Bertz CT molecular complexity index is 3370. The van der Waals surface area contributed by atoms with E-state index in [4.69, 9.17) is 14.1 Å². The van der Waals surface area contributed by atoms with Crippen LogP contribution in [0.3, 0.4) is 0 Å². The van der Waals surface area contributed by atoms with Gasteiger partial charge in [0.25, 0.3) is 0 Å². The van der Waals surface area contributed by atoms with Gasteiger partial charge in [-0.25, -0.2) is 4.98 Å². The van der Waals surface area contributed by atoms with Crippen LogP contribution in [-0.4, -0.2) is 19.6 Å². The number of hydrogen-bond donors (Lipinski definition) is 1. The highest BCUT2D eigenvalue weighted by Crippen LogP contribution is 2.45. The summed E-state index contributed by atoms with van der Waals surface area (Å²) in [5, 5.41) is 11.6. The van der Waals surface area contributed by atoms with Crippen molar-refractivity contribution in [2.75, 3.05) is 0 Å². The topological polar surface area (TPSA) is 50.9 Å². The summed E-state index contributed by atoms with van der Waals surface area (Å²) in [6.45, 7) is 4.61. The number of nitrogens with zero attached hydrogens (tertiary/aromatic N) is 3. The molecular formula is C59H47N3O. The van der Waals surface area contributed by atoms with Gasteiger partial charge in [-0.2, -0.15) is 0 Å². The molecule has 8 aromatic carbocycles. The van der Waals surface area contributed by atoms with Gasteiger partial charge in [-0.05, 0) is 123 Å². The maximum absolute atomic E-state index is 11.6. The lowest BCUT2D eigenvalue weighted by atomic mass is 9.79. The normalized spacial score (nSPS) is 12.5. The smallest absolute Gasteiger partial charge is 0.149 e. The predicted molar refractivity (Wildman–Crippen MR) is 262 cm³/mol. The molecule has 0 atom stereocenters. The van der Waals surface area contributed by atoms with Crippen molar-refractivity contribution in [3.63, 3.8) is 0 Å². The lowest BCUT2D eigenvalue weighted by Gasteiger charge is -2.27. The Morgan fingerprint density at radius 1 is 0.476 bits per heavy atom. The number of pyridine rings is 1. The van der Waals surface area contributed by atoms with E-state index in [1.54, 1.807) is 24.4 Å². The Labute approximate surface area is 373 Å². The van der Waals surface area contributed by atoms with Gasteiger partial charge in [0.15, 0.2) is 0 Å². The molecule has 10 rings (SSSR count). The first kappa shape index (κ1) is 35.9. The zero-order chi connectivity index (χ0) is 45.6. The van der Waals surface area contributed by atoms with Gasteiger partial charge in [0.05, 0.1) is 28.0 Å². The van der Waals surface area contributed by atoms with Gasteiger partial charge in [-0.1, -0.05) is 166 Å². The molecule has 0 unspecified atom stereocenters. The van der Waals surface area contributed by atoms with E-state index in [2.05, 4.69) is 141 Å². The van der Waals surface area contributed by atoms with Crippen molar-refractivity contribution in [1.29, 1.82) is 0 Å². The summed E-state index contributed by atoms with van der Waals surface area (Å²) < 4.78 is 25.8. The number of para-hydroxylation sites is 2. The first-order valence-corrected chi connectivity index (χ1v) is 21.3. The summed E-state index contributed by atoms with van der Waals surface area (Å²) in [5.74, 6) is 0.757. The maximum atomic E-state index is 11.6. The maximum Gasteiger partial charge on any atom is 0.149 e. The third-order valence-corrected chi connectivity index (χ3v) is 11.8. The van der Waals surface area contributed by atoms with E-state index in [9.17, 15) is 5.11 Å². The van der Waals surface area contributed by atoms with Crippen LogP contribution in [0.1, 0.15) is 36.0 Å². The first-order chi connectivity index (χ1) is 31.9. The molecular weight excluding hydrogens is 767 g/mol. The molecule has 0 spiro atoms. The molecule has 0 bridgehead atoms. The summed E-state index contributed by atoms with van der Waals surface area (Å²) in [6.07, 6.45) is 1.80. The van der Waals surface area contributed by atoms with E-state index in [-0.39, 0.29) is 11.2 Å². The third kappa shape index (κ3) is 7.62. The largest absolute Gasteiger partial charge is 0.507 e. The van der Waals surface area contributed by atoms with Crippen molar-refractivity contribution in [3.8, 4) is 89.7 Å². The van der Waals surface area contributed by atoms with Gasteiger partial charge in [0.1, 0.15) is 11.6 Å². The van der Waals surface area contributed by atoms with Crippen LogP contribution in [0, 0.1) is 6.85 Å². The molecule has 304 valence electrons. The zero-order valence-electron chi connectivity index (χ0n) is 38.4. The van der Waals surface area contributed by atoms with E-state index in [0.717, 1.165) is 83.6 Å². The van der Waals surface area contributed by atoms with E-state index in [1.807, 2.05) is 66.7 Å². The predicted octanol–water partition coefficient (Wildman–Crippen LogP) is 15.4. The fraction of sp³-hybridized carbons (Fsp3) is 0.0847. The highest BCUT2D eigenvalue weighted by Gasteiger charge is 2.27. The van der Waals surface area contributed by atoms with Crippen LogP contribution < -0.4 is 0 Å². The average molecular weight is 817 g/mol. The lowest BCUT2D eigenvalue weighted by molar-refractivity contribution is 0.477. The minimum Gasteiger partial charge on any atom is -0.507 e. The monoisotopic (exact) mass is 816 g/mol. The molecule has 0 aliphatic heterocycles. The molecule has 10 aromatic rings. The van der Waals surface area contributed by atoms with E-state index in [0.29, 0.717) is 17.0 Å². The van der Waals surface area contributed by atoms with E-state index in [1.165, 1.54) is 5.56 Å². The zero-order valence-corrected chi connectivity index (χ0v) is 35.4. The molecule has 0 fully saturated rings. The van der Waals surface area contributed by atoms with Crippen LogP contribution in [0.4, 0.5) is 0 Å². The number of fused-ring (bicyclic) bond motifs is 1. The highest BCUT2D eigenvalue weighted by molar-refractivity contribution is 5.99. The van der Waals surface area contributed by atoms with Crippen LogP contribution in [0.2, 0.25) is 0 Å². The number of rotatable bonds is 8. The van der Waals surface area contributed by atoms with Gasteiger partial charge in [-0.15, -0.1) is 0 Å². The molecule has 0 amide bonds.